The normalized spacial score (nSPS) is 11.0. The second-order valence-electron chi connectivity index (χ2n) is 4.80. The summed E-state index contributed by atoms with van der Waals surface area (Å²) < 4.78 is 14.0. The second kappa shape index (κ2) is 5.27. The average molecular weight is 307 g/mol. The molecule has 0 saturated heterocycles. The molecule has 0 aliphatic heterocycles. The van der Waals surface area contributed by atoms with E-state index in [9.17, 15) is 4.39 Å². The summed E-state index contributed by atoms with van der Waals surface area (Å²) in [6.45, 7) is 0. The molecular weight excluding hydrogens is 297 g/mol. The van der Waals surface area contributed by atoms with Gasteiger partial charge < -0.3 is 0 Å². The third-order valence-corrected chi connectivity index (χ3v) is 4.48. The third kappa shape index (κ3) is 2.35. The quantitative estimate of drug-likeness (QED) is 0.510. The fraction of sp³-hybridized carbons (Fsp3) is 0. The largest absolute Gasteiger partial charge is 0.264 e. The highest BCUT2D eigenvalue weighted by molar-refractivity contribution is 7.22. The van der Waals surface area contributed by atoms with E-state index in [2.05, 4.69) is 21.0 Å². The lowest BCUT2D eigenvalue weighted by Gasteiger charge is -1.99. The van der Waals surface area contributed by atoms with E-state index in [4.69, 9.17) is 0 Å². The zero-order valence-corrected chi connectivity index (χ0v) is 12.2. The molecule has 5 heteroatoms. The lowest BCUT2D eigenvalue weighted by Crippen LogP contribution is -1.86. The second-order valence-corrected chi connectivity index (χ2v) is 5.89. The summed E-state index contributed by atoms with van der Waals surface area (Å²) in [5, 5.41) is 0. The van der Waals surface area contributed by atoms with Crippen LogP contribution in [0.2, 0.25) is 0 Å². The van der Waals surface area contributed by atoms with Crippen LogP contribution >= 0.6 is 11.3 Å². The minimum atomic E-state index is -0.487. The summed E-state index contributed by atoms with van der Waals surface area (Å²) in [6, 6.07) is 13.0. The van der Waals surface area contributed by atoms with Crippen molar-refractivity contribution in [1.29, 1.82) is 0 Å². The molecule has 0 bridgehead atoms. The molecule has 0 saturated carbocycles. The van der Waals surface area contributed by atoms with Gasteiger partial charge in [0.15, 0.2) is 0 Å². The smallest absolute Gasteiger partial charge is 0.212 e. The van der Waals surface area contributed by atoms with E-state index in [0.29, 0.717) is 0 Å². The van der Waals surface area contributed by atoms with E-state index >= 15 is 0 Å². The van der Waals surface area contributed by atoms with Crippen LogP contribution in [0.25, 0.3) is 31.9 Å². The third-order valence-electron chi connectivity index (χ3n) is 3.34. The molecule has 0 aliphatic rings. The van der Waals surface area contributed by atoms with Crippen LogP contribution in [0.4, 0.5) is 4.39 Å². The molecule has 22 heavy (non-hydrogen) atoms. The molecule has 106 valence electrons. The molecule has 0 radical (unpaired) electrons. The van der Waals surface area contributed by atoms with Crippen LogP contribution in [0.1, 0.15) is 0 Å². The summed E-state index contributed by atoms with van der Waals surface area (Å²) >= 11 is 1.68. The summed E-state index contributed by atoms with van der Waals surface area (Å²) in [4.78, 5) is 13.6. The van der Waals surface area contributed by atoms with Gasteiger partial charge in [0.1, 0.15) is 0 Å². The maximum atomic E-state index is 12.9. The van der Waals surface area contributed by atoms with E-state index < -0.39 is 5.95 Å². The highest BCUT2D eigenvalue weighted by Gasteiger charge is 2.08. The number of rotatable bonds is 2. The molecular formula is C17H10FN3S. The minimum Gasteiger partial charge on any atom is -0.264 e. The number of hydrogen-bond donors (Lipinski definition) is 0. The molecule has 4 aromatic rings. The Morgan fingerprint density at radius 1 is 0.955 bits per heavy atom. The zero-order chi connectivity index (χ0) is 14.9. The van der Waals surface area contributed by atoms with Gasteiger partial charge in [0.25, 0.3) is 0 Å². The highest BCUT2D eigenvalue weighted by Crippen LogP contribution is 2.33. The topological polar surface area (TPSA) is 38.7 Å². The fourth-order valence-corrected chi connectivity index (χ4v) is 3.25. The van der Waals surface area contributed by atoms with Crippen molar-refractivity contribution in [3.8, 4) is 21.7 Å². The monoisotopic (exact) mass is 307 g/mol. The Labute approximate surface area is 130 Å². The van der Waals surface area contributed by atoms with E-state index in [-0.39, 0.29) is 0 Å². The molecule has 0 aliphatic carbocycles. The first-order valence-electron chi connectivity index (χ1n) is 6.72. The van der Waals surface area contributed by atoms with Crippen molar-refractivity contribution in [2.45, 2.75) is 0 Å². The van der Waals surface area contributed by atoms with Gasteiger partial charge in [-0.2, -0.15) is 4.39 Å². The minimum absolute atomic E-state index is 0.487. The number of hydrogen-bond acceptors (Lipinski definition) is 4. The van der Waals surface area contributed by atoms with Gasteiger partial charge in [0.2, 0.25) is 5.95 Å². The van der Waals surface area contributed by atoms with Crippen LogP contribution in [0.15, 0.2) is 61.1 Å². The summed E-state index contributed by atoms with van der Waals surface area (Å²) in [5.41, 5.74) is 3.59. The van der Waals surface area contributed by atoms with E-state index in [1.54, 1.807) is 23.6 Å². The van der Waals surface area contributed by atoms with Crippen molar-refractivity contribution in [2.75, 3.05) is 0 Å². The maximum Gasteiger partial charge on any atom is 0.212 e. The van der Waals surface area contributed by atoms with Gasteiger partial charge in [0, 0.05) is 34.6 Å². The average Bonchev–Trinajstić information content (AvgIpc) is 2.99. The number of fused-ring (bicyclic) bond motifs is 1. The van der Waals surface area contributed by atoms with E-state index in [1.165, 1.54) is 12.3 Å². The van der Waals surface area contributed by atoms with Gasteiger partial charge in [-0.25, -0.2) is 9.97 Å². The Kier molecular flexibility index (Phi) is 3.12. The van der Waals surface area contributed by atoms with Crippen LogP contribution in [0.3, 0.4) is 0 Å². The molecule has 0 aromatic carbocycles. The van der Waals surface area contributed by atoms with Crippen LogP contribution in [0.5, 0.6) is 0 Å². The fourth-order valence-electron chi connectivity index (χ4n) is 2.26. The molecule has 0 N–H and O–H groups in total. The van der Waals surface area contributed by atoms with E-state index in [1.807, 2.05) is 30.5 Å². The first-order valence-corrected chi connectivity index (χ1v) is 7.54. The first-order chi connectivity index (χ1) is 10.8. The lowest BCUT2D eigenvalue weighted by molar-refractivity contribution is 0.584. The van der Waals surface area contributed by atoms with Gasteiger partial charge in [-0.05, 0) is 36.4 Å². The van der Waals surface area contributed by atoms with Gasteiger partial charge in [0.05, 0.1) is 15.9 Å². The molecule has 0 amide bonds. The summed E-state index contributed by atoms with van der Waals surface area (Å²) in [7, 11) is 0. The molecule has 4 aromatic heterocycles. The predicted molar refractivity (Wildman–Crippen MR) is 86.0 cm³/mol. The molecule has 4 rings (SSSR count). The maximum absolute atomic E-state index is 12.9. The Bertz CT molecular complexity index is 933. The first kappa shape index (κ1) is 13.0. The molecule has 0 spiro atoms. The summed E-state index contributed by atoms with van der Waals surface area (Å²) in [5.74, 6) is -0.487. The zero-order valence-electron chi connectivity index (χ0n) is 11.4. The van der Waals surface area contributed by atoms with Crippen molar-refractivity contribution in [3.05, 3.63) is 67.0 Å². The van der Waals surface area contributed by atoms with Crippen molar-refractivity contribution < 1.29 is 4.39 Å². The number of aromatic nitrogens is 3. The Morgan fingerprint density at radius 2 is 1.91 bits per heavy atom. The van der Waals surface area contributed by atoms with Crippen LogP contribution in [-0.2, 0) is 0 Å². The highest BCUT2D eigenvalue weighted by atomic mass is 32.1. The van der Waals surface area contributed by atoms with Gasteiger partial charge in [-0.3, -0.25) is 4.98 Å². The van der Waals surface area contributed by atoms with Crippen molar-refractivity contribution in [2.24, 2.45) is 0 Å². The number of halogens is 1. The lowest BCUT2D eigenvalue weighted by atomic mass is 10.2. The molecule has 0 fully saturated rings. The van der Waals surface area contributed by atoms with Gasteiger partial charge in [-0.1, -0.05) is 6.07 Å². The Balaban J connectivity index is 1.80. The Hall–Kier alpha value is -2.66. The summed E-state index contributed by atoms with van der Waals surface area (Å²) in [6.07, 6.45) is 5.10. The van der Waals surface area contributed by atoms with Crippen LogP contribution < -0.4 is 0 Å². The molecule has 0 unspecified atom stereocenters. The number of pyridine rings is 3. The number of thiophene rings is 1. The van der Waals surface area contributed by atoms with Crippen LogP contribution in [-0.4, -0.2) is 15.0 Å². The Morgan fingerprint density at radius 3 is 2.68 bits per heavy atom. The van der Waals surface area contributed by atoms with Gasteiger partial charge >= 0.3 is 0 Å². The number of nitrogens with zero attached hydrogens (tertiary/aromatic N) is 3. The predicted octanol–water partition coefficient (Wildman–Crippen LogP) is 4.56. The standard InChI is InChI=1S/C17H10FN3S/c18-17-6-3-11(10-20-17)13-4-5-15-14(21-13)8-16(22-15)12-2-1-7-19-9-12/h1-10H. The van der Waals surface area contributed by atoms with Crippen molar-refractivity contribution in [1.82, 2.24) is 15.0 Å². The SMILES string of the molecule is Fc1ccc(-c2ccc3sc(-c4cccnc4)cc3n2)cn1. The van der Waals surface area contributed by atoms with Gasteiger partial charge in [-0.15, -0.1) is 11.3 Å². The van der Waals surface area contributed by atoms with Crippen LogP contribution in [0, 0.1) is 5.95 Å². The molecule has 0 atom stereocenters. The molecule has 4 heterocycles. The molecule has 3 nitrogen and oxygen atoms in total. The van der Waals surface area contributed by atoms with Crippen molar-refractivity contribution in [3.63, 3.8) is 0 Å². The van der Waals surface area contributed by atoms with E-state index in [0.717, 1.165) is 31.9 Å². The van der Waals surface area contributed by atoms with Crippen molar-refractivity contribution >= 4 is 21.6 Å².